The van der Waals surface area contributed by atoms with Crippen molar-refractivity contribution in [1.29, 1.82) is 0 Å². The van der Waals surface area contributed by atoms with Crippen LogP contribution < -0.4 is 9.88 Å². The summed E-state index contributed by atoms with van der Waals surface area (Å²) in [6, 6.07) is 14.4. The highest BCUT2D eigenvalue weighted by molar-refractivity contribution is 5.75. The van der Waals surface area contributed by atoms with Crippen molar-refractivity contribution in [1.82, 2.24) is 5.32 Å². The summed E-state index contributed by atoms with van der Waals surface area (Å²) in [5.41, 5.74) is 2.74. The van der Waals surface area contributed by atoms with E-state index in [0.29, 0.717) is 18.4 Å². The van der Waals surface area contributed by atoms with E-state index in [1.165, 1.54) is 25.7 Å². The van der Waals surface area contributed by atoms with Crippen molar-refractivity contribution < 1.29 is 9.36 Å². The third-order valence-corrected chi connectivity index (χ3v) is 8.45. The quantitative estimate of drug-likeness (QED) is 0.294. The van der Waals surface area contributed by atoms with Crippen LogP contribution in [-0.4, -0.2) is 5.91 Å². The molecule has 0 bridgehead atoms. The second-order valence-corrected chi connectivity index (χ2v) is 11.0. The summed E-state index contributed by atoms with van der Waals surface area (Å²) in [4.78, 5) is 12.3. The second kappa shape index (κ2) is 11.8. The van der Waals surface area contributed by atoms with Crippen LogP contribution in [-0.2, 0) is 11.3 Å². The van der Waals surface area contributed by atoms with E-state index in [9.17, 15) is 4.79 Å². The summed E-state index contributed by atoms with van der Waals surface area (Å²) in [5.74, 6) is 3.39. The monoisotopic (exact) mass is 449 g/mol. The molecule has 1 amide bonds. The lowest BCUT2D eigenvalue weighted by atomic mass is 9.62. The third-order valence-electron chi connectivity index (χ3n) is 8.45. The molecule has 1 aliphatic rings. The molecule has 3 rings (SSSR count). The lowest BCUT2D eigenvalue weighted by Crippen LogP contribution is -2.36. The first kappa shape index (κ1) is 25.5. The second-order valence-electron chi connectivity index (χ2n) is 11.0. The molecule has 0 radical (unpaired) electrons. The number of carbonyl (C=O) groups excluding carboxylic acids is 1. The van der Waals surface area contributed by atoms with Gasteiger partial charge in [-0.15, -0.1) is 0 Å². The van der Waals surface area contributed by atoms with Gasteiger partial charge >= 0.3 is 0 Å². The molecule has 1 fully saturated rings. The Labute approximate surface area is 202 Å². The number of aromatic nitrogens is 1. The SMILES string of the molecule is CC(C)C1CCC(CCCCCC(=O)NCc2ccc(-[n+]3ccccc3)cc2)C1(C)C(C)C. The number of rotatable bonds is 11. The minimum atomic E-state index is 0.171. The van der Waals surface area contributed by atoms with Crippen LogP contribution in [0.3, 0.4) is 0 Å². The van der Waals surface area contributed by atoms with Gasteiger partial charge in [0.25, 0.3) is 0 Å². The number of nitrogens with one attached hydrogen (secondary N) is 1. The molecule has 1 saturated carbocycles. The van der Waals surface area contributed by atoms with E-state index in [0.717, 1.165) is 47.8 Å². The Morgan fingerprint density at radius 2 is 1.70 bits per heavy atom. The van der Waals surface area contributed by atoms with Crippen LogP contribution in [0.5, 0.6) is 0 Å². The molecular formula is C30H45N2O+. The van der Waals surface area contributed by atoms with Crippen LogP contribution in [0.15, 0.2) is 54.9 Å². The summed E-state index contributed by atoms with van der Waals surface area (Å²) in [6.45, 7) is 12.8. The van der Waals surface area contributed by atoms with Crippen molar-refractivity contribution in [2.75, 3.05) is 0 Å². The lowest BCUT2D eigenvalue weighted by molar-refractivity contribution is -0.595. The molecular weight excluding hydrogens is 404 g/mol. The molecule has 0 saturated heterocycles. The highest BCUT2D eigenvalue weighted by atomic mass is 16.1. The number of carbonyl (C=O) groups is 1. The van der Waals surface area contributed by atoms with Gasteiger partial charge in [-0.05, 0) is 60.3 Å². The zero-order chi connectivity index (χ0) is 23.8. The Morgan fingerprint density at radius 3 is 2.33 bits per heavy atom. The summed E-state index contributed by atoms with van der Waals surface area (Å²) < 4.78 is 2.08. The van der Waals surface area contributed by atoms with Gasteiger partial charge in [0.15, 0.2) is 12.4 Å². The Balaban J connectivity index is 1.35. The number of pyridine rings is 1. The summed E-state index contributed by atoms with van der Waals surface area (Å²) in [6.07, 6.45) is 12.2. The molecule has 1 aromatic heterocycles. The van der Waals surface area contributed by atoms with Gasteiger partial charge in [-0.3, -0.25) is 4.79 Å². The minimum absolute atomic E-state index is 0.171. The average Bonchev–Trinajstić information content (AvgIpc) is 3.16. The molecule has 3 nitrogen and oxygen atoms in total. The van der Waals surface area contributed by atoms with E-state index in [-0.39, 0.29) is 5.91 Å². The molecule has 3 atom stereocenters. The lowest BCUT2D eigenvalue weighted by Gasteiger charge is -2.43. The minimum Gasteiger partial charge on any atom is -0.352 e. The fraction of sp³-hybridized carbons (Fsp3) is 0.600. The molecule has 2 aromatic rings. The van der Waals surface area contributed by atoms with Crippen molar-refractivity contribution in [2.45, 2.75) is 86.1 Å². The smallest absolute Gasteiger partial charge is 0.220 e. The number of unbranched alkanes of at least 4 members (excludes halogenated alkanes) is 2. The van der Waals surface area contributed by atoms with Crippen molar-refractivity contribution in [2.24, 2.45) is 29.1 Å². The van der Waals surface area contributed by atoms with Crippen LogP contribution in [0.25, 0.3) is 5.69 Å². The van der Waals surface area contributed by atoms with Crippen LogP contribution >= 0.6 is 0 Å². The molecule has 1 heterocycles. The molecule has 1 N–H and O–H groups in total. The number of amides is 1. The van der Waals surface area contributed by atoms with E-state index in [4.69, 9.17) is 0 Å². The Hall–Kier alpha value is -2.16. The van der Waals surface area contributed by atoms with Crippen LogP contribution in [0.1, 0.15) is 85.1 Å². The first-order valence-electron chi connectivity index (χ1n) is 13.1. The first-order chi connectivity index (χ1) is 15.8. The number of nitrogens with zero attached hydrogens (tertiary/aromatic N) is 1. The molecule has 3 heteroatoms. The average molecular weight is 450 g/mol. The van der Waals surface area contributed by atoms with Gasteiger partial charge in [0.2, 0.25) is 11.6 Å². The van der Waals surface area contributed by atoms with Gasteiger partial charge in [0.05, 0.1) is 0 Å². The highest BCUT2D eigenvalue weighted by Crippen LogP contribution is 2.56. The fourth-order valence-corrected chi connectivity index (χ4v) is 6.21. The predicted octanol–water partition coefficient (Wildman–Crippen LogP) is 6.87. The van der Waals surface area contributed by atoms with E-state index in [1.807, 2.05) is 30.6 Å². The van der Waals surface area contributed by atoms with Crippen molar-refractivity contribution in [3.8, 4) is 5.69 Å². The normalized spacial score (nSPS) is 22.8. The first-order valence-corrected chi connectivity index (χ1v) is 13.1. The maximum Gasteiger partial charge on any atom is 0.220 e. The summed E-state index contributed by atoms with van der Waals surface area (Å²) in [7, 11) is 0. The topological polar surface area (TPSA) is 33.0 Å². The third kappa shape index (κ3) is 6.46. The summed E-state index contributed by atoms with van der Waals surface area (Å²) >= 11 is 0. The Bertz CT molecular complexity index is 859. The van der Waals surface area contributed by atoms with E-state index < -0.39 is 0 Å². The number of hydrogen-bond acceptors (Lipinski definition) is 1. The van der Waals surface area contributed by atoms with Crippen molar-refractivity contribution >= 4 is 5.91 Å². The molecule has 33 heavy (non-hydrogen) atoms. The highest BCUT2D eigenvalue weighted by Gasteiger charge is 2.48. The van der Waals surface area contributed by atoms with Gasteiger partial charge in [-0.2, -0.15) is 4.57 Å². The zero-order valence-corrected chi connectivity index (χ0v) is 21.5. The van der Waals surface area contributed by atoms with E-state index in [2.05, 4.69) is 68.8 Å². The van der Waals surface area contributed by atoms with Gasteiger partial charge in [-0.1, -0.05) is 65.7 Å². The van der Waals surface area contributed by atoms with Crippen molar-refractivity contribution in [3.63, 3.8) is 0 Å². The van der Waals surface area contributed by atoms with Gasteiger partial charge in [-0.25, -0.2) is 0 Å². The molecule has 1 aromatic carbocycles. The van der Waals surface area contributed by atoms with Crippen LogP contribution in [0.2, 0.25) is 0 Å². The molecule has 1 aliphatic carbocycles. The molecule has 0 spiro atoms. The van der Waals surface area contributed by atoms with Gasteiger partial charge in [0.1, 0.15) is 0 Å². The maximum absolute atomic E-state index is 12.3. The number of benzene rings is 1. The van der Waals surface area contributed by atoms with E-state index in [1.54, 1.807) is 0 Å². The standard InChI is InChI=1S/C30H44N2O/c1-23(2)28-19-16-26(30(28,5)24(3)4)12-8-6-9-13-29(33)31-22-25-14-17-27(18-15-25)32-20-10-7-11-21-32/h7,10-11,14-15,17-18,20-21,23-24,26,28H,6,8-9,12-13,16,19,22H2,1-5H3/p+1. The van der Waals surface area contributed by atoms with Gasteiger partial charge in [0, 0.05) is 37.2 Å². The largest absolute Gasteiger partial charge is 0.352 e. The van der Waals surface area contributed by atoms with Crippen LogP contribution in [0.4, 0.5) is 0 Å². The number of hydrogen-bond donors (Lipinski definition) is 1. The molecule has 3 unspecified atom stereocenters. The zero-order valence-electron chi connectivity index (χ0n) is 21.5. The Kier molecular flexibility index (Phi) is 9.11. The summed E-state index contributed by atoms with van der Waals surface area (Å²) in [5, 5.41) is 3.09. The Morgan fingerprint density at radius 1 is 1.00 bits per heavy atom. The fourth-order valence-electron chi connectivity index (χ4n) is 6.21. The van der Waals surface area contributed by atoms with Gasteiger partial charge < -0.3 is 5.32 Å². The van der Waals surface area contributed by atoms with E-state index >= 15 is 0 Å². The molecule has 0 aliphatic heterocycles. The van der Waals surface area contributed by atoms with Crippen LogP contribution in [0, 0.1) is 29.1 Å². The molecule has 180 valence electrons. The predicted molar refractivity (Wildman–Crippen MR) is 137 cm³/mol. The van der Waals surface area contributed by atoms with Crippen molar-refractivity contribution in [3.05, 3.63) is 60.4 Å². The maximum atomic E-state index is 12.3.